The zero-order valence-electron chi connectivity index (χ0n) is 11.3. The zero-order valence-corrected chi connectivity index (χ0v) is 12.9. The van der Waals surface area contributed by atoms with Crippen LogP contribution in [0.2, 0.25) is 0 Å². The van der Waals surface area contributed by atoms with E-state index in [1.165, 1.54) is 12.1 Å². The van der Waals surface area contributed by atoms with Crippen LogP contribution in [-0.2, 0) is 6.18 Å². The predicted molar refractivity (Wildman–Crippen MR) is 78.9 cm³/mol. The van der Waals surface area contributed by atoms with Crippen molar-refractivity contribution in [2.24, 2.45) is 0 Å². The molecule has 6 heteroatoms. The molecule has 2 aromatic rings. The Labute approximate surface area is 129 Å². The first-order valence-electron chi connectivity index (χ1n) is 6.44. The summed E-state index contributed by atoms with van der Waals surface area (Å²) in [6.07, 6.45) is -2.65. The van der Waals surface area contributed by atoms with Crippen LogP contribution in [-0.4, -0.2) is 11.5 Å². The minimum Gasteiger partial charge on any atom is -0.305 e. The van der Waals surface area contributed by atoms with E-state index >= 15 is 0 Å². The molecule has 0 bridgehead atoms. The van der Waals surface area contributed by atoms with Gasteiger partial charge in [0.25, 0.3) is 0 Å². The van der Waals surface area contributed by atoms with Gasteiger partial charge in [-0.15, -0.1) is 0 Å². The standard InChI is InChI=1S/C15H14BrF3N2/c1-2-20-14(13-8-7-12(16)9-21-13)10-3-5-11(6-4-10)15(17,18)19/h3-9,14,20H,2H2,1H3. The molecule has 2 rings (SSSR count). The van der Waals surface area contributed by atoms with Crippen molar-refractivity contribution in [3.05, 3.63) is 63.9 Å². The average Bonchev–Trinajstić information content (AvgIpc) is 2.45. The van der Waals surface area contributed by atoms with Gasteiger partial charge in [-0.1, -0.05) is 19.1 Å². The molecular weight excluding hydrogens is 345 g/mol. The summed E-state index contributed by atoms with van der Waals surface area (Å²) in [6.45, 7) is 2.62. The van der Waals surface area contributed by atoms with E-state index in [2.05, 4.69) is 26.2 Å². The number of hydrogen-bond donors (Lipinski definition) is 1. The van der Waals surface area contributed by atoms with E-state index in [9.17, 15) is 13.2 Å². The second-order valence-corrected chi connectivity index (χ2v) is 5.43. The highest BCUT2D eigenvalue weighted by Crippen LogP contribution is 2.30. The largest absolute Gasteiger partial charge is 0.416 e. The van der Waals surface area contributed by atoms with Crippen LogP contribution in [0.3, 0.4) is 0 Å². The number of rotatable bonds is 4. The van der Waals surface area contributed by atoms with Crippen molar-refractivity contribution in [3.8, 4) is 0 Å². The van der Waals surface area contributed by atoms with Gasteiger partial charge >= 0.3 is 6.18 Å². The molecule has 0 saturated carbocycles. The molecule has 1 unspecified atom stereocenters. The van der Waals surface area contributed by atoms with Crippen molar-refractivity contribution in [2.75, 3.05) is 6.54 Å². The Hall–Kier alpha value is -1.40. The van der Waals surface area contributed by atoms with Gasteiger partial charge < -0.3 is 5.32 Å². The van der Waals surface area contributed by atoms with Crippen LogP contribution in [0.1, 0.15) is 29.8 Å². The molecule has 1 aromatic heterocycles. The highest BCUT2D eigenvalue weighted by atomic mass is 79.9. The van der Waals surface area contributed by atoms with Crippen molar-refractivity contribution in [3.63, 3.8) is 0 Å². The van der Waals surface area contributed by atoms with Crippen LogP contribution in [0.15, 0.2) is 47.1 Å². The SMILES string of the molecule is CCNC(c1ccc(C(F)(F)F)cc1)c1ccc(Br)cn1. The lowest BCUT2D eigenvalue weighted by Gasteiger charge is -2.18. The third kappa shape index (κ3) is 4.04. The van der Waals surface area contributed by atoms with E-state index in [4.69, 9.17) is 0 Å². The van der Waals surface area contributed by atoms with E-state index in [0.29, 0.717) is 6.54 Å². The topological polar surface area (TPSA) is 24.9 Å². The molecule has 0 amide bonds. The summed E-state index contributed by atoms with van der Waals surface area (Å²) in [6, 6.07) is 8.63. The van der Waals surface area contributed by atoms with Crippen molar-refractivity contribution in [1.82, 2.24) is 10.3 Å². The van der Waals surface area contributed by atoms with Crippen LogP contribution in [0, 0.1) is 0 Å². The summed E-state index contributed by atoms with van der Waals surface area (Å²) in [4.78, 5) is 4.31. The first kappa shape index (κ1) is 16.0. The van der Waals surface area contributed by atoms with Crippen LogP contribution in [0.25, 0.3) is 0 Å². The Morgan fingerprint density at radius 3 is 2.29 bits per heavy atom. The molecule has 0 aliphatic rings. The Morgan fingerprint density at radius 1 is 1.14 bits per heavy atom. The average molecular weight is 359 g/mol. The molecule has 0 aliphatic heterocycles. The van der Waals surface area contributed by atoms with E-state index < -0.39 is 11.7 Å². The molecule has 1 atom stereocenters. The fourth-order valence-electron chi connectivity index (χ4n) is 2.02. The molecule has 1 heterocycles. The lowest BCUT2D eigenvalue weighted by Crippen LogP contribution is -2.23. The molecule has 21 heavy (non-hydrogen) atoms. The number of pyridine rings is 1. The number of aromatic nitrogens is 1. The van der Waals surface area contributed by atoms with Crippen molar-refractivity contribution >= 4 is 15.9 Å². The van der Waals surface area contributed by atoms with Crippen molar-refractivity contribution < 1.29 is 13.2 Å². The van der Waals surface area contributed by atoms with Gasteiger partial charge in [0, 0.05) is 10.7 Å². The predicted octanol–water partition coefficient (Wildman–Crippen LogP) is 4.56. The summed E-state index contributed by atoms with van der Waals surface area (Å²) in [5.74, 6) is 0. The summed E-state index contributed by atoms with van der Waals surface area (Å²) < 4.78 is 38.7. The lowest BCUT2D eigenvalue weighted by molar-refractivity contribution is -0.137. The Morgan fingerprint density at radius 2 is 1.81 bits per heavy atom. The molecule has 1 aromatic carbocycles. The number of hydrogen-bond acceptors (Lipinski definition) is 2. The molecule has 0 aliphatic carbocycles. The summed E-state index contributed by atoms with van der Waals surface area (Å²) in [5, 5.41) is 3.23. The van der Waals surface area contributed by atoms with Gasteiger partial charge in [-0.25, -0.2) is 0 Å². The molecule has 2 nitrogen and oxygen atoms in total. The van der Waals surface area contributed by atoms with E-state index in [0.717, 1.165) is 27.9 Å². The Balaban J connectivity index is 2.32. The maximum absolute atomic E-state index is 12.6. The highest BCUT2D eigenvalue weighted by molar-refractivity contribution is 9.10. The van der Waals surface area contributed by atoms with Crippen LogP contribution < -0.4 is 5.32 Å². The summed E-state index contributed by atoms with van der Waals surface area (Å²) in [7, 11) is 0. The lowest BCUT2D eigenvalue weighted by atomic mass is 10.0. The maximum atomic E-state index is 12.6. The first-order chi connectivity index (χ1) is 9.91. The second kappa shape index (κ2) is 6.58. The number of halogens is 4. The molecule has 1 N–H and O–H groups in total. The van der Waals surface area contributed by atoms with Crippen LogP contribution in [0.5, 0.6) is 0 Å². The third-order valence-corrected chi connectivity index (χ3v) is 3.49. The fourth-order valence-corrected chi connectivity index (χ4v) is 2.25. The summed E-state index contributed by atoms with van der Waals surface area (Å²) in [5.41, 5.74) is 0.866. The number of benzene rings is 1. The Kier molecular flexibility index (Phi) is 5.00. The van der Waals surface area contributed by atoms with E-state index in [1.807, 2.05) is 19.1 Å². The first-order valence-corrected chi connectivity index (χ1v) is 7.23. The summed E-state index contributed by atoms with van der Waals surface area (Å²) >= 11 is 3.31. The van der Waals surface area contributed by atoms with Crippen LogP contribution in [0.4, 0.5) is 13.2 Å². The fraction of sp³-hybridized carbons (Fsp3) is 0.267. The van der Waals surface area contributed by atoms with Gasteiger partial charge in [-0.3, -0.25) is 4.98 Å². The van der Waals surface area contributed by atoms with Crippen molar-refractivity contribution in [1.29, 1.82) is 0 Å². The third-order valence-electron chi connectivity index (χ3n) is 3.03. The van der Waals surface area contributed by atoms with Crippen molar-refractivity contribution in [2.45, 2.75) is 19.1 Å². The quantitative estimate of drug-likeness (QED) is 0.866. The number of nitrogens with zero attached hydrogens (tertiary/aromatic N) is 1. The zero-order chi connectivity index (χ0) is 15.5. The van der Waals surface area contributed by atoms with Gasteiger partial charge in [0.05, 0.1) is 17.3 Å². The van der Waals surface area contributed by atoms with Crippen LogP contribution >= 0.6 is 15.9 Å². The highest BCUT2D eigenvalue weighted by Gasteiger charge is 2.30. The second-order valence-electron chi connectivity index (χ2n) is 4.51. The molecule has 0 fully saturated rings. The minimum absolute atomic E-state index is 0.231. The van der Waals surface area contributed by atoms with Gasteiger partial charge in [-0.2, -0.15) is 13.2 Å². The van der Waals surface area contributed by atoms with Gasteiger partial charge in [0.15, 0.2) is 0 Å². The van der Waals surface area contributed by atoms with Gasteiger partial charge in [0.2, 0.25) is 0 Å². The van der Waals surface area contributed by atoms with E-state index in [1.54, 1.807) is 6.20 Å². The smallest absolute Gasteiger partial charge is 0.305 e. The monoisotopic (exact) mass is 358 g/mol. The normalized spacial score (nSPS) is 13.2. The molecule has 0 radical (unpaired) electrons. The van der Waals surface area contributed by atoms with Gasteiger partial charge in [-0.05, 0) is 52.3 Å². The molecule has 0 saturated heterocycles. The molecular formula is C15H14BrF3N2. The maximum Gasteiger partial charge on any atom is 0.416 e. The molecule has 112 valence electrons. The minimum atomic E-state index is -4.32. The van der Waals surface area contributed by atoms with E-state index in [-0.39, 0.29) is 6.04 Å². The number of alkyl halides is 3. The van der Waals surface area contributed by atoms with Gasteiger partial charge in [0.1, 0.15) is 0 Å². The molecule has 0 spiro atoms. The number of nitrogens with one attached hydrogen (secondary N) is 1. The Bertz CT molecular complexity index is 579.